The summed E-state index contributed by atoms with van der Waals surface area (Å²) in [5.41, 5.74) is 3.88. The highest BCUT2D eigenvalue weighted by atomic mass is 127. The second-order valence-electron chi connectivity index (χ2n) is 6.76. The highest BCUT2D eigenvalue weighted by Gasteiger charge is 2.23. The van der Waals surface area contributed by atoms with Crippen LogP contribution >= 0.6 is 22.6 Å². The number of anilines is 3. The zero-order valence-corrected chi connectivity index (χ0v) is 17.5. The molecule has 0 fully saturated rings. The van der Waals surface area contributed by atoms with Gasteiger partial charge in [-0.3, -0.25) is 4.79 Å². The molecule has 6 nitrogen and oxygen atoms in total. The molecule has 0 amide bonds. The Morgan fingerprint density at radius 2 is 2.07 bits per heavy atom. The number of hydrogen-bond acceptors (Lipinski definition) is 6. The molecular weight excluding hydrogens is 467 g/mol. The first-order chi connectivity index (χ1) is 13.7. The third-order valence-corrected chi connectivity index (χ3v) is 5.50. The topological polar surface area (TPSA) is 78.4 Å². The number of benzene rings is 2. The molecule has 0 spiro atoms. The average Bonchev–Trinajstić information content (AvgIpc) is 2.72. The lowest BCUT2D eigenvalue weighted by molar-refractivity contribution is 0.110. The molecule has 4 rings (SSSR count). The van der Waals surface area contributed by atoms with Gasteiger partial charge in [0, 0.05) is 58.9 Å². The summed E-state index contributed by atoms with van der Waals surface area (Å²) in [6.07, 6.45) is 2.59. The highest BCUT2D eigenvalue weighted by Crippen LogP contribution is 2.37. The van der Waals surface area contributed by atoms with Crippen LogP contribution in [0.5, 0.6) is 0 Å². The van der Waals surface area contributed by atoms with Gasteiger partial charge in [0.15, 0.2) is 0 Å². The van der Waals surface area contributed by atoms with Crippen LogP contribution in [0.2, 0.25) is 0 Å². The van der Waals surface area contributed by atoms with Crippen LogP contribution in [-0.2, 0) is 6.42 Å². The van der Waals surface area contributed by atoms with Gasteiger partial charge in [0.25, 0.3) is 0 Å². The lowest BCUT2D eigenvalue weighted by atomic mass is 9.99. The lowest BCUT2D eigenvalue weighted by Crippen LogP contribution is -2.26. The number of nitrogens with zero attached hydrogens (tertiary/aromatic N) is 3. The van der Waals surface area contributed by atoms with Gasteiger partial charge < -0.3 is 15.3 Å². The van der Waals surface area contributed by atoms with E-state index in [1.165, 1.54) is 5.56 Å². The summed E-state index contributed by atoms with van der Waals surface area (Å²) in [5.74, 6) is 1.43. The number of rotatable bonds is 6. The molecular formula is C21H21IN4O2. The van der Waals surface area contributed by atoms with Crippen molar-refractivity contribution in [3.8, 4) is 0 Å². The SMILES string of the molecule is O=C(I)c1ccc2c(c1)CCCN2c1nc(NCCCO)nc2ccccc12. The Balaban J connectivity index is 1.79. The van der Waals surface area contributed by atoms with Gasteiger partial charge >= 0.3 is 0 Å². The van der Waals surface area contributed by atoms with Crippen LogP contribution in [0.1, 0.15) is 28.8 Å². The summed E-state index contributed by atoms with van der Waals surface area (Å²) >= 11 is 1.83. The van der Waals surface area contributed by atoms with Gasteiger partial charge in [0.2, 0.25) is 9.74 Å². The van der Waals surface area contributed by atoms with E-state index in [0.717, 1.165) is 47.4 Å². The molecule has 0 atom stereocenters. The maximum Gasteiger partial charge on any atom is 0.225 e. The van der Waals surface area contributed by atoms with Crippen molar-refractivity contribution in [2.45, 2.75) is 19.3 Å². The van der Waals surface area contributed by atoms with E-state index < -0.39 is 0 Å². The predicted octanol–water partition coefficient (Wildman–Crippen LogP) is 4.08. The van der Waals surface area contributed by atoms with E-state index in [4.69, 9.17) is 10.1 Å². The molecule has 2 heterocycles. The zero-order chi connectivity index (χ0) is 19.5. The maximum atomic E-state index is 11.8. The lowest BCUT2D eigenvalue weighted by Gasteiger charge is -2.31. The number of para-hydroxylation sites is 1. The highest BCUT2D eigenvalue weighted by molar-refractivity contribution is 14.1. The first-order valence-corrected chi connectivity index (χ1v) is 10.5. The minimum Gasteiger partial charge on any atom is -0.396 e. The third kappa shape index (κ3) is 3.81. The summed E-state index contributed by atoms with van der Waals surface area (Å²) in [5, 5.41) is 13.2. The number of halogens is 1. The molecule has 0 radical (unpaired) electrons. The maximum absolute atomic E-state index is 11.8. The molecule has 0 unspecified atom stereocenters. The summed E-state index contributed by atoms with van der Waals surface area (Å²) < 4.78 is 0.0559. The fourth-order valence-corrected chi connectivity index (χ4v) is 3.90. The van der Waals surface area contributed by atoms with E-state index in [1.807, 2.05) is 65.1 Å². The van der Waals surface area contributed by atoms with Crippen LogP contribution in [0.15, 0.2) is 42.5 Å². The molecule has 3 aromatic rings. The van der Waals surface area contributed by atoms with Crippen LogP contribution < -0.4 is 10.2 Å². The Hall–Kier alpha value is -2.26. The summed E-state index contributed by atoms with van der Waals surface area (Å²) in [6, 6.07) is 13.9. The van der Waals surface area contributed by atoms with Gasteiger partial charge in [0.1, 0.15) is 5.82 Å². The van der Waals surface area contributed by atoms with Crippen LogP contribution in [0.25, 0.3) is 10.9 Å². The first kappa shape index (κ1) is 19.1. The van der Waals surface area contributed by atoms with E-state index in [0.29, 0.717) is 18.9 Å². The molecule has 2 N–H and O–H groups in total. The minimum atomic E-state index is 0.0559. The molecule has 0 aliphatic carbocycles. The summed E-state index contributed by atoms with van der Waals surface area (Å²) in [6.45, 7) is 1.61. The minimum absolute atomic E-state index is 0.0559. The number of aliphatic hydroxyl groups is 1. The van der Waals surface area contributed by atoms with E-state index in [1.54, 1.807) is 0 Å². The number of carbonyl (C=O) groups is 1. The molecule has 144 valence electrons. The number of hydrogen-bond donors (Lipinski definition) is 2. The van der Waals surface area contributed by atoms with Crippen molar-refractivity contribution in [1.29, 1.82) is 0 Å². The van der Waals surface area contributed by atoms with Crippen molar-refractivity contribution in [3.05, 3.63) is 53.6 Å². The molecule has 1 aliphatic heterocycles. The predicted molar refractivity (Wildman–Crippen MR) is 120 cm³/mol. The van der Waals surface area contributed by atoms with Crippen molar-refractivity contribution in [2.75, 3.05) is 29.9 Å². The van der Waals surface area contributed by atoms with Crippen LogP contribution in [0.4, 0.5) is 17.5 Å². The largest absolute Gasteiger partial charge is 0.396 e. The summed E-state index contributed by atoms with van der Waals surface area (Å²) in [4.78, 5) is 23.4. The van der Waals surface area contributed by atoms with Crippen LogP contribution in [0.3, 0.4) is 0 Å². The molecule has 1 aliphatic rings. The van der Waals surface area contributed by atoms with Crippen LogP contribution in [-0.4, -0.2) is 38.6 Å². The average molecular weight is 488 g/mol. The van der Waals surface area contributed by atoms with Gasteiger partial charge in [-0.2, -0.15) is 4.98 Å². The third-order valence-electron chi connectivity index (χ3n) is 4.88. The fourth-order valence-electron chi connectivity index (χ4n) is 3.56. The van der Waals surface area contributed by atoms with Crippen molar-refractivity contribution in [1.82, 2.24) is 9.97 Å². The fraction of sp³-hybridized carbons (Fsp3) is 0.286. The zero-order valence-electron chi connectivity index (χ0n) is 15.4. The van der Waals surface area contributed by atoms with Crippen LogP contribution in [0, 0.1) is 0 Å². The number of aromatic nitrogens is 2. The number of fused-ring (bicyclic) bond motifs is 2. The first-order valence-electron chi connectivity index (χ1n) is 9.39. The number of carbonyl (C=O) groups excluding carboxylic acids is 1. The van der Waals surface area contributed by atoms with E-state index in [-0.39, 0.29) is 10.4 Å². The molecule has 0 saturated heterocycles. The van der Waals surface area contributed by atoms with Gasteiger partial charge in [-0.15, -0.1) is 0 Å². The number of nitrogens with one attached hydrogen (secondary N) is 1. The van der Waals surface area contributed by atoms with Gasteiger partial charge in [0.05, 0.1) is 5.52 Å². The van der Waals surface area contributed by atoms with Crippen molar-refractivity contribution in [3.63, 3.8) is 0 Å². The second-order valence-corrected chi connectivity index (χ2v) is 7.74. The van der Waals surface area contributed by atoms with Crippen molar-refractivity contribution in [2.24, 2.45) is 0 Å². The Bertz CT molecular complexity index is 1020. The van der Waals surface area contributed by atoms with Gasteiger partial charge in [-0.25, -0.2) is 4.98 Å². The van der Waals surface area contributed by atoms with Gasteiger partial charge in [-0.1, -0.05) is 12.1 Å². The molecule has 7 heteroatoms. The molecule has 0 bridgehead atoms. The van der Waals surface area contributed by atoms with E-state index >= 15 is 0 Å². The molecule has 1 aromatic heterocycles. The summed E-state index contributed by atoms with van der Waals surface area (Å²) in [7, 11) is 0. The Labute approximate surface area is 177 Å². The van der Waals surface area contributed by atoms with E-state index in [2.05, 4.69) is 15.2 Å². The number of aryl methyl sites for hydroxylation is 1. The van der Waals surface area contributed by atoms with Crippen molar-refractivity contribution >= 4 is 54.7 Å². The second kappa shape index (κ2) is 8.40. The monoisotopic (exact) mass is 488 g/mol. The molecule has 28 heavy (non-hydrogen) atoms. The normalized spacial score (nSPS) is 13.4. The van der Waals surface area contributed by atoms with Gasteiger partial charge in [-0.05, 0) is 55.2 Å². The van der Waals surface area contributed by atoms with E-state index in [9.17, 15) is 4.79 Å². The quantitative estimate of drug-likeness (QED) is 0.309. The smallest absolute Gasteiger partial charge is 0.225 e. The van der Waals surface area contributed by atoms with Crippen molar-refractivity contribution < 1.29 is 9.90 Å². The molecule has 0 saturated carbocycles. The Kier molecular flexibility index (Phi) is 5.72. The number of aliphatic hydroxyl groups excluding tert-OH is 1. The Morgan fingerprint density at radius 1 is 1.21 bits per heavy atom. The Morgan fingerprint density at radius 3 is 2.89 bits per heavy atom. The molecule has 2 aromatic carbocycles. The standard InChI is InChI=1S/C21H21IN4O2/c22-19(28)15-8-9-18-14(13-15)5-3-11-26(18)20-16-6-1-2-7-17(16)24-21(25-20)23-10-4-12-27/h1-2,6-9,13,27H,3-5,10-12H2,(H,23,24,25).